The predicted octanol–water partition coefficient (Wildman–Crippen LogP) is 0.389. The van der Waals surface area contributed by atoms with Crippen LogP contribution >= 0.6 is 0 Å². The van der Waals surface area contributed by atoms with E-state index < -0.39 is 0 Å². The monoisotopic (exact) mass is 61.1 g/mol. The molecule has 0 heterocycles. The predicted molar refractivity (Wildman–Crippen MR) is 17.4 cm³/mol. The maximum absolute atomic E-state index is 7.95. The average molecular weight is 61.1 g/mol. The fourth-order valence-electron chi connectivity index (χ4n) is 0. The normalized spacial score (nSPS) is 10.8. The molecule has 1 heteroatoms. The number of aliphatic hydroxyl groups is 1. The molecule has 0 atom stereocenters. The molecule has 0 aromatic carbocycles. The van der Waals surface area contributed by atoms with Crippen molar-refractivity contribution >= 4 is 0 Å². The van der Waals surface area contributed by atoms with Gasteiger partial charge in [0.1, 0.15) is 0 Å². The average Bonchev–Trinajstić information content (AvgIpc) is 1.41. The summed E-state index contributed by atoms with van der Waals surface area (Å²) in [5.74, 6) is 0. The first-order chi connectivity index (χ1) is 2.41. The lowest BCUT2D eigenvalue weighted by Crippen LogP contribution is -1.69. The first-order valence-corrected chi connectivity index (χ1v) is 1.32. The molecular weight excluding hydrogens is 52.0 g/mol. The number of aliphatic hydroxyl groups excluding tert-OH is 1. The largest absolute Gasteiger partial charge is 0.396 e. The summed E-state index contributed by atoms with van der Waals surface area (Å²) < 4.78 is 6.44. The van der Waals surface area contributed by atoms with E-state index in [2.05, 4.69) is 0 Å². The molecule has 0 aliphatic rings. The molecule has 0 fully saturated rings. The van der Waals surface area contributed by atoms with Gasteiger partial charge in [0.15, 0.2) is 0 Å². The van der Waals surface area contributed by atoms with Gasteiger partial charge < -0.3 is 5.11 Å². The van der Waals surface area contributed by atoms with Crippen LogP contribution < -0.4 is 0 Å². The van der Waals surface area contributed by atoms with E-state index in [0.717, 1.165) is 0 Å². The Labute approximate surface area is 27.7 Å². The van der Waals surface area contributed by atoms with Gasteiger partial charge in [-0.2, -0.15) is 0 Å². The molecule has 0 radical (unpaired) electrons. The van der Waals surface area contributed by atoms with Crippen LogP contribution in [-0.4, -0.2) is 11.7 Å². The highest BCUT2D eigenvalue weighted by Gasteiger charge is 1.57. The minimum Gasteiger partial charge on any atom is -0.396 e. The van der Waals surface area contributed by atoms with Crippen LogP contribution in [0.2, 0.25) is 0 Å². The van der Waals surface area contributed by atoms with Crippen LogP contribution in [0.1, 0.15) is 14.7 Å². The van der Waals surface area contributed by atoms with Crippen molar-refractivity contribution in [1.29, 1.82) is 0 Å². The van der Waals surface area contributed by atoms with Crippen molar-refractivity contribution in [2.75, 3.05) is 6.61 Å². The zero-order chi connectivity index (χ0) is 4.12. The molecule has 0 amide bonds. The Kier molecular flexibility index (Phi) is 1.64. The second-order valence-electron chi connectivity index (χ2n) is 0.577. The molecule has 0 rings (SSSR count). The van der Waals surface area contributed by atoms with Gasteiger partial charge in [0, 0.05) is 7.98 Å². The van der Waals surface area contributed by atoms with Crippen molar-refractivity contribution < 1.29 is 6.48 Å². The minimum atomic E-state index is 0.156. The fraction of sp³-hybridized carbons (Fsp3) is 1.00. The summed E-state index contributed by atoms with van der Waals surface area (Å²) in [6, 6.07) is 0. The van der Waals surface area contributed by atoms with Crippen LogP contribution in [0.15, 0.2) is 0 Å². The zero-order valence-corrected chi connectivity index (χ0v) is 2.57. The van der Waals surface area contributed by atoms with E-state index in [-0.39, 0.29) is 6.61 Å². The Morgan fingerprint density at radius 3 is 3.00 bits per heavy atom. The van der Waals surface area contributed by atoms with Crippen molar-refractivity contribution in [3.8, 4) is 0 Å². The number of hydrogen-bond donors (Lipinski definition) is 1. The van der Waals surface area contributed by atoms with Gasteiger partial charge in [0.05, 0.1) is 0 Å². The molecule has 0 aliphatic heterocycles. The van der Waals surface area contributed by atoms with Crippen LogP contribution in [0.5, 0.6) is 0 Å². The highest BCUT2D eigenvalue weighted by atomic mass is 16.2. The maximum Gasteiger partial charge on any atom is 0.0428 e. The summed E-state index contributed by atoms with van der Waals surface area (Å²) in [6.07, 6.45) is 0.611. The zero-order valence-electron chi connectivity index (χ0n) is 3.57. The second kappa shape index (κ2) is 2.96. The standard InChI is InChI=1S/C3H8O/c1-2-3-4/h4H,2-3H2,1H3/i1D. The summed E-state index contributed by atoms with van der Waals surface area (Å²) >= 11 is 0. The van der Waals surface area contributed by atoms with Gasteiger partial charge in [0.2, 0.25) is 0 Å². The molecule has 0 aromatic rings. The SMILES string of the molecule is [2H]CCCO. The van der Waals surface area contributed by atoms with Gasteiger partial charge in [-0.1, -0.05) is 6.90 Å². The summed E-state index contributed by atoms with van der Waals surface area (Å²) in [5, 5.41) is 7.95. The molecule has 0 aromatic heterocycles. The molecule has 1 nitrogen and oxygen atoms in total. The van der Waals surface area contributed by atoms with Crippen molar-refractivity contribution in [2.24, 2.45) is 0 Å². The van der Waals surface area contributed by atoms with Crippen molar-refractivity contribution in [3.05, 3.63) is 0 Å². The van der Waals surface area contributed by atoms with E-state index in [1.54, 1.807) is 0 Å². The first-order valence-electron chi connectivity index (χ1n) is 2.02. The Morgan fingerprint density at radius 1 is 2.25 bits per heavy atom. The van der Waals surface area contributed by atoms with Gasteiger partial charge in [-0.25, -0.2) is 0 Å². The Bertz CT molecular complexity index is 14.4. The van der Waals surface area contributed by atoms with Crippen molar-refractivity contribution in [2.45, 2.75) is 13.3 Å². The Balaban J connectivity index is 2.19. The highest BCUT2D eigenvalue weighted by Crippen LogP contribution is 1.61. The lowest BCUT2D eigenvalue weighted by atomic mass is 10.5. The maximum atomic E-state index is 7.95. The van der Waals surface area contributed by atoms with Crippen LogP contribution in [0.4, 0.5) is 0 Å². The lowest BCUT2D eigenvalue weighted by molar-refractivity contribution is 0.295. The van der Waals surface area contributed by atoms with E-state index in [0.29, 0.717) is 13.3 Å². The summed E-state index contributed by atoms with van der Waals surface area (Å²) in [5.41, 5.74) is 0. The molecule has 1 N–H and O–H groups in total. The smallest absolute Gasteiger partial charge is 0.0428 e. The third-order valence-corrected chi connectivity index (χ3v) is 0.158. The molecule has 0 saturated carbocycles. The van der Waals surface area contributed by atoms with Crippen molar-refractivity contribution in [1.82, 2.24) is 0 Å². The molecule has 0 spiro atoms. The second-order valence-corrected chi connectivity index (χ2v) is 0.577. The molecule has 4 heavy (non-hydrogen) atoms. The van der Waals surface area contributed by atoms with E-state index >= 15 is 0 Å². The molecule has 0 unspecified atom stereocenters. The molecule has 0 bridgehead atoms. The molecule has 26 valence electrons. The number of rotatable bonds is 1. The third-order valence-electron chi connectivity index (χ3n) is 0.158. The molecule has 0 saturated heterocycles. The topological polar surface area (TPSA) is 20.2 Å². The van der Waals surface area contributed by atoms with Crippen LogP contribution in [0.3, 0.4) is 0 Å². The Hall–Kier alpha value is -0.0400. The lowest BCUT2D eigenvalue weighted by Gasteiger charge is -1.69. The summed E-state index contributed by atoms with van der Waals surface area (Å²) in [7, 11) is 0. The van der Waals surface area contributed by atoms with E-state index in [9.17, 15) is 0 Å². The van der Waals surface area contributed by atoms with Crippen LogP contribution in [0.25, 0.3) is 0 Å². The van der Waals surface area contributed by atoms with E-state index in [4.69, 9.17) is 6.48 Å². The third kappa shape index (κ3) is 1.96. The quantitative estimate of drug-likeness (QED) is 0.465. The summed E-state index contributed by atoms with van der Waals surface area (Å²) in [4.78, 5) is 0. The fourth-order valence-corrected chi connectivity index (χ4v) is 0. The van der Waals surface area contributed by atoms with E-state index in [1.807, 2.05) is 0 Å². The van der Waals surface area contributed by atoms with Gasteiger partial charge in [-0.15, -0.1) is 0 Å². The molecule has 0 aliphatic carbocycles. The first kappa shape index (κ1) is 2.21. The minimum absolute atomic E-state index is 0.156. The number of hydrogen-bond acceptors (Lipinski definition) is 1. The molecular formula is C3H8O. The van der Waals surface area contributed by atoms with Crippen LogP contribution in [0, 0.1) is 0 Å². The van der Waals surface area contributed by atoms with Gasteiger partial charge >= 0.3 is 0 Å². The van der Waals surface area contributed by atoms with E-state index in [1.165, 1.54) is 0 Å². The van der Waals surface area contributed by atoms with Crippen molar-refractivity contribution in [3.63, 3.8) is 0 Å². The van der Waals surface area contributed by atoms with Gasteiger partial charge in [0.25, 0.3) is 0 Å². The highest BCUT2D eigenvalue weighted by molar-refractivity contribution is 4.10. The van der Waals surface area contributed by atoms with Crippen LogP contribution in [-0.2, 0) is 0 Å². The summed E-state index contributed by atoms with van der Waals surface area (Å²) in [6.45, 7) is 0.500. The Morgan fingerprint density at radius 2 is 3.00 bits per heavy atom. The van der Waals surface area contributed by atoms with Gasteiger partial charge in [-0.05, 0) is 6.42 Å². The van der Waals surface area contributed by atoms with Gasteiger partial charge in [-0.3, -0.25) is 0 Å².